The summed E-state index contributed by atoms with van der Waals surface area (Å²) < 4.78 is 45.4. The van der Waals surface area contributed by atoms with Crippen LogP contribution in [0, 0.1) is 18.3 Å². The summed E-state index contributed by atoms with van der Waals surface area (Å²) in [5.41, 5.74) is 1.03. The van der Waals surface area contributed by atoms with Crippen molar-refractivity contribution in [2.45, 2.75) is 25.6 Å². The van der Waals surface area contributed by atoms with Gasteiger partial charge in [0.25, 0.3) is 0 Å². The molecule has 0 bridgehead atoms. The third-order valence-electron chi connectivity index (χ3n) is 5.43. The van der Waals surface area contributed by atoms with Crippen LogP contribution in [0.1, 0.15) is 22.3 Å². The molecule has 164 valence electrons. The zero-order chi connectivity index (χ0) is 22.6. The van der Waals surface area contributed by atoms with Crippen molar-refractivity contribution in [3.05, 3.63) is 64.7 Å². The standard InChI is InChI=1S/C23H24F3N3O2/c1-16-3-5-17(6-4-16)11-22(30)28-9-10-29(20(14-28)15-31-2)19-8-7-18(13-27)21(12-19)23(24,25)26/h3-8,12,20H,9-11,14-15H2,1-2H3. The first-order valence-electron chi connectivity index (χ1n) is 9.93. The van der Waals surface area contributed by atoms with Gasteiger partial charge in [0.05, 0.1) is 36.3 Å². The number of aryl methyl sites for hydroxylation is 1. The maximum Gasteiger partial charge on any atom is 0.417 e. The quantitative estimate of drug-likeness (QED) is 0.723. The average Bonchev–Trinajstić information content (AvgIpc) is 2.74. The summed E-state index contributed by atoms with van der Waals surface area (Å²) in [5.74, 6) is -0.0274. The monoisotopic (exact) mass is 431 g/mol. The second-order valence-corrected chi connectivity index (χ2v) is 7.64. The van der Waals surface area contributed by atoms with Gasteiger partial charge in [-0.25, -0.2) is 0 Å². The predicted molar refractivity (Wildman–Crippen MR) is 111 cm³/mol. The third-order valence-corrected chi connectivity index (χ3v) is 5.43. The van der Waals surface area contributed by atoms with Crippen LogP contribution >= 0.6 is 0 Å². The van der Waals surface area contributed by atoms with Gasteiger partial charge in [0, 0.05) is 32.4 Å². The van der Waals surface area contributed by atoms with Gasteiger partial charge in [-0.05, 0) is 30.7 Å². The van der Waals surface area contributed by atoms with Gasteiger partial charge in [-0.3, -0.25) is 4.79 Å². The Morgan fingerprint density at radius 2 is 1.90 bits per heavy atom. The van der Waals surface area contributed by atoms with Gasteiger partial charge in [0.2, 0.25) is 5.91 Å². The number of benzene rings is 2. The lowest BCUT2D eigenvalue weighted by Crippen LogP contribution is -2.56. The molecule has 1 unspecified atom stereocenters. The Morgan fingerprint density at radius 1 is 1.19 bits per heavy atom. The lowest BCUT2D eigenvalue weighted by Gasteiger charge is -2.42. The van der Waals surface area contributed by atoms with Crippen molar-refractivity contribution in [3.8, 4) is 6.07 Å². The van der Waals surface area contributed by atoms with Crippen molar-refractivity contribution >= 4 is 11.6 Å². The van der Waals surface area contributed by atoms with Crippen molar-refractivity contribution in [3.63, 3.8) is 0 Å². The van der Waals surface area contributed by atoms with Gasteiger partial charge in [-0.1, -0.05) is 29.8 Å². The highest BCUT2D eigenvalue weighted by atomic mass is 19.4. The molecule has 31 heavy (non-hydrogen) atoms. The Bertz CT molecular complexity index is 968. The van der Waals surface area contributed by atoms with E-state index < -0.39 is 17.3 Å². The molecule has 8 heteroatoms. The fourth-order valence-electron chi connectivity index (χ4n) is 3.79. The third kappa shape index (κ3) is 5.36. The lowest BCUT2D eigenvalue weighted by atomic mass is 10.0. The van der Waals surface area contributed by atoms with Gasteiger partial charge < -0.3 is 14.5 Å². The molecular weight excluding hydrogens is 407 g/mol. The first-order chi connectivity index (χ1) is 14.7. The molecule has 1 fully saturated rings. The van der Waals surface area contributed by atoms with E-state index in [2.05, 4.69) is 0 Å². The number of hydrogen-bond acceptors (Lipinski definition) is 4. The van der Waals surface area contributed by atoms with Gasteiger partial charge in [0.15, 0.2) is 0 Å². The summed E-state index contributed by atoms with van der Waals surface area (Å²) >= 11 is 0. The second-order valence-electron chi connectivity index (χ2n) is 7.64. The maximum absolute atomic E-state index is 13.4. The van der Waals surface area contributed by atoms with Gasteiger partial charge >= 0.3 is 6.18 Å². The zero-order valence-corrected chi connectivity index (χ0v) is 17.4. The number of carbonyl (C=O) groups excluding carboxylic acids is 1. The van der Waals surface area contributed by atoms with Crippen LogP contribution in [0.25, 0.3) is 0 Å². The Balaban J connectivity index is 1.78. The normalized spacial score (nSPS) is 16.8. The molecule has 3 rings (SSSR count). The average molecular weight is 431 g/mol. The molecule has 1 aliphatic heterocycles. The fraction of sp³-hybridized carbons (Fsp3) is 0.391. The molecule has 0 spiro atoms. The van der Waals surface area contributed by atoms with Crippen LogP contribution in [0.3, 0.4) is 0 Å². The molecule has 1 amide bonds. The van der Waals surface area contributed by atoms with E-state index in [4.69, 9.17) is 10.00 Å². The number of hydrogen-bond donors (Lipinski definition) is 0. The van der Waals surface area contributed by atoms with E-state index in [1.54, 1.807) is 11.0 Å². The highest BCUT2D eigenvalue weighted by molar-refractivity contribution is 5.79. The highest BCUT2D eigenvalue weighted by Crippen LogP contribution is 2.35. The van der Waals surface area contributed by atoms with Crippen molar-refractivity contribution in [1.29, 1.82) is 5.26 Å². The van der Waals surface area contributed by atoms with Crippen molar-refractivity contribution in [2.24, 2.45) is 0 Å². The molecule has 0 radical (unpaired) electrons. The number of nitrogens with zero attached hydrogens (tertiary/aromatic N) is 3. The maximum atomic E-state index is 13.4. The number of halogens is 3. The number of methoxy groups -OCH3 is 1. The molecule has 0 aromatic heterocycles. The van der Waals surface area contributed by atoms with Crippen LogP contribution in [0.2, 0.25) is 0 Å². The Kier molecular flexibility index (Phi) is 6.86. The molecule has 2 aromatic carbocycles. The summed E-state index contributed by atoms with van der Waals surface area (Å²) in [4.78, 5) is 16.3. The second kappa shape index (κ2) is 9.40. The topological polar surface area (TPSA) is 56.6 Å². The summed E-state index contributed by atoms with van der Waals surface area (Å²) in [7, 11) is 1.52. The first kappa shape index (κ1) is 22.6. The zero-order valence-electron chi connectivity index (χ0n) is 17.4. The molecule has 1 heterocycles. The van der Waals surface area contributed by atoms with Crippen LogP contribution in [-0.2, 0) is 22.1 Å². The van der Waals surface area contributed by atoms with Crippen LogP contribution in [0.15, 0.2) is 42.5 Å². The number of piperazine rings is 1. The van der Waals surface area contributed by atoms with E-state index in [-0.39, 0.29) is 25.0 Å². The van der Waals surface area contributed by atoms with E-state index in [9.17, 15) is 18.0 Å². The molecule has 0 aliphatic carbocycles. The van der Waals surface area contributed by atoms with E-state index in [0.29, 0.717) is 25.3 Å². The van der Waals surface area contributed by atoms with E-state index in [1.165, 1.54) is 19.2 Å². The number of alkyl halides is 3. The Hall–Kier alpha value is -3.05. The van der Waals surface area contributed by atoms with Crippen molar-refractivity contribution < 1.29 is 22.7 Å². The van der Waals surface area contributed by atoms with Crippen LogP contribution in [-0.4, -0.2) is 50.2 Å². The Morgan fingerprint density at radius 3 is 2.52 bits per heavy atom. The summed E-state index contributed by atoms with van der Waals surface area (Å²) in [5, 5.41) is 9.02. The number of anilines is 1. The smallest absolute Gasteiger partial charge is 0.382 e. The van der Waals surface area contributed by atoms with Crippen molar-refractivity contribution in [1.82, 2.24) is 4.90 Å². The van der Waals surface area contributed by atoms with E-state index >= 15 is 0 Å². The van der Waals surface area contributed by atoms with Crippen molar-refractivity contribution in [2.75, 3.05) is 38.3 Å². The molecule has 5 nitrogen and oxygen atoms in total. The minimum absolute atomic E-state index is 0.0274. The predicted octanol–water partition coefficient (Wildman–Crippen LogP) is 3.79. The molecular formula is C23H24F3N3O2. The number of carbonyl (C=O) groups is 1. The number of ether oxygens (including phenoxy) is 1. The van der Waals surface area contributed by atoms with Crippen LogP contribution in [0.4, 0.5) is 18.9 Å². The van der Waals surface area contributed by atoms with Crippen LogP contribution in [0.5, 0.6) is 0 Å². The number of amides is 1. The number of nitriles is 1. The summed E-state index contributed by atoms with van der Waals surface area (Å²) in [6.07, 6.45) is -4.35. The largest absolute Gasteiger partial charge is 0.417 e. The first-order valence-corrected chi connectivity index (χ1v) is 9.93. The Labute approximate surface area is 179 Å². The molecule has 2 aromatic rings. The molecule has 1 aliphatic rings. The van der Waals surface area contributed by atoms with Gasteiger partial charge in [-0.15, -0.1) is 0 Å². The summed E-state index contributed by atoms with van der Waals surface area (Å²) in [6.45, 7) is 3.35. The SMILES string of the molecule is COCC1CN(C(=O)Cc2ccc(C)cc2)CCN1c1ccc(C#N)c(C(F)(F)F)c1. The molecule has 1 atom stereocenters. The molecule has 1 saturated heterocycles. The minimum atomic E-state index is -4.62. The number of rotatable bonds is 5. The fourth-order valence-corrected chi connectivity index (χ4v) is 3.79. The van der Waals surface area contributed by atoms with E-state index in [0.717, 1.165) is 17.2 Å². The highest BCUT2D eigenvalue weighted by Gasteiger charge is 2.36. The summed E-state index contributed by atoms with van der Waals surface area (Å²) in [6, 6.07) is 12.8. The van der Waals surface area contributed by atoms with Crippen LogP contribution < -0.4 is 4.90 Å². The van der Waals surface area contributed by atoms with E-state index in [1.807, 2.05) is 36.1 Å². The van der Waals surface area contributed by atoms with Gasteiger partial charge in [-0.2, -0.15) is 18.4 Å². The molecule has 0 N–H and O–H groups in total. The minimum Gasteiger partial charge on any atom is -0.382 e. The lowest BCUT2D eigenvalue weighted by molar-refractivity contribution is -0.137. The van der Waals surface area contributed by atoms with Gasteiger partial charge in [0.1, 0.15) is 0 Å². The molecule has 0 saturated carbocycles.